The molecule has 6 heteroatoms. The second kappa shape index (κ2) is 11.1. The summed E-state index contributed by atoms with van der Waals surface area (Å²) < 4.78 is 5.31. The predicted molar refractivity (Wildman–Crippen MR) is 74.4 cm³/mol. The average molecular weight is 277 g/mol. The van der Waals surface area contributed by atoms with Crippen molar-refractivity contribution in [2.24, 2.45) is 0 Å². The van der Waals surface area contributed by atoms with E-state index in [4.69, 9.17) is 9.84 Å². The molecule has 1 N–H and O–H groups in total. The molecule has 0 aromatic heterocycles. The van der Waals surface area contributed by atoms with Crippen LogP contribution in [0.3, 0.4) is 0 Å². The highest BCUT2D eigenvalue weighted by Crippen LogP contribution is 2.05. The fourth-order valence-corrected chi connectivity index (χ4v) is 1.46. The number of carboxylic acid groups (broad SMARTS) is 1. The lowest BCUT2D eigenvalue weighted by molar-refractivity contribution is -0.135. The van der Waals surface area contributed by atoms with E-state index in [1.54, 1.807) is 18.7 Å². The molecule has 1 unspecified atom stereocenters. The molecule has 0 fully saturated rings. The first kappa shape index (κ1) is 19.3. The Kier molecular flexibility index (Phi) is 11.9. The van der Waals surface area contributed by atoms with Gasteiger partial charge in [-0.3, -0.25) is 4.79 Å². The molecule has 0 aliphatic carbocycles. The summed E-state index contributed by atoms with van der Waals surface area (Å²) in [4.78, 5) is 23.2. The Bertz CT molecular complexity index is 281. The Morgan fingerprint density at radius 2 is 2.11 bits per heavy atom. The zero-order valence-corrected chi connectivity index (χ0v) is 11.2. The summed E-state index contributed by atoms with van der Waals surface area (Å²) >= 11 is 1.62. The number of carbonyl (C=O) groups is 2. The molecule has 0 aromatic rings. The van der Waals surface area contributed by atoms with Crippen LogP contribution in [0.2, 0.25) is 0 Å². The normalized spacial score (nSPS) is 11.9. The summed E-state index contributed by atoms with van der Waals surface area (Å²) in [6.45, 7) is 5.38. The number of carbonyl (C=O) groups excluding carboxylic acids is 1. The average Bonchev–Trinajstić information content (AvgIpc) is 2.25. The fraction of sp³-hybridized carbons (Fsp3) is 0.667. The molecule has 1 amide bonds. The van der Waals surface area contributed by atoms with Crippen molar-refractivity contribution in [2.75, 3.05) is 18.4 Å². The summed E-state index contributed by atoms with van der Waals surface area (Å²) in [5.41, 5.74) is 0. The van der Waals surface area contributed by atoms with Gasteiger partial charge >= 0.3 is 5.97 Å². The van der Waals surface area contributed by atoms with Crippen molar-refractivity contribution in [3.63, 3.8) is 0 Å². The van der Waals surface area contributed by atoms with Crippen LogP contribution >= 0.6 is 11.8 Å². The van der Waals surface area contributed by atoms with Crippen LogP contribution < -0.4 is 0 Å². The number of rotatable bonds is 8. The Morgan fingerprint density at radius 3 is 2.56 bits per heavy atom. The number of nitrogens with zero attached hydrogens (tertiary/aromatic N) is 1. The van der Waals surface area contributed by atoms with Crippen LogP contribution in [0.1, 0.15) is 28.2 Å². The molecular weight excluding hydrogens is 254 g/mol. The molecule has 5 nitrogen and oxygen atoms in total. The summed E-state index contributed by atoms with van der Waals surface area (Å²) in [7, 11) is 0. The van der Waals surface area contributed by atoms with Gasteiger partial charge in [-0.2, -0.15) is 0 Å². The highest BCUT2D eigenvalue weighted by Gasteiger charge is 2.14. The Morgan fingerprint density at radius 1 is 1.50 bits per heavy atom. The molecule has 0 bridgehead atoms. The standard InChI is InChI=1S/C11H19NO4S.CH4/c1-4-17-8-16-7-12(10(3)13)9(2)5-6-11(14)15;/h5-6,9H,4,7-8H2,1-3H3,(H,14,15);1H4/b6-5+;. The third kappa shape index (κ3) is 9.07. The smallest absolute Gasteiger partial charge is 0.328 e. The predicted octanol–water partition coefficient (Wildman–Crippen LogP) is 2.18. The highest BCUT2D eigenvalue weighted by atomic mass is 32.2. The molecule has 0 aliphatic heterocycles. The topological polar surface area (TPSA) is 66.8 Å². The third-order valence-electron chi connectivity index (χ3n) is 2.01. The molecule has 0 aliphatic rings. The van der Waals surface area contributed by atoms with Crippen molar-refractivity contribution in [3.8, 4) is 0 Å². The van der Waals surface area contributed by atoms with Crippen LogP contribution in [-0.4, -0.2) is 46.3 Å². The van der Waals surface area contributed by atoms with Crippen molar-refractivity contribution < 1.29 is 19.4 Å². The molecular formula is C12H23NO4S. The molecule has 0 radical (unpaired) electrons. The molecule has 0 saturated heterocycles. The zero-order valence-electron chi connectivity index (χ0n) is 10.4. The maximum absolute atomic E-state index is 11.4. The van der Waals surface area contributed by atoms with Crippen molar-refractivity contribution in [1.29, 1.82) is 0 Å². The van der Waals surface area contributed by atoms with Crippen LogP contribution in [-0.2, 0) is 14.3 Å². The maximum Gasteiger partial charge on any atom is 0.328 e. The number of aliphatic carboxylic acids is 1. The number of hydrogen-bond acceptors (Lipinski definition) is 4. The minimum atomic E-state index is -1.03. The number of ether oxygens (including phenoxy) is 1. The molecule has 0 aromatic carbocycles. The molecule has 18 heavy (non-hydrogen) atoms. The summed E-state index contributed by atoms with van der Waals surface area (Å²) in [6.07, 6.45) is 2.49. The summed E-state index contributed by atoms with van der Waals surface area (Å²) in [5.74, 6) is 0.307. The quantitative estimate of drug-likeness (QED) is 0.418. The minimum absolute atomic E-state index is 0. The van der Waals surface area contributed by atoms with Crippen molar-refractivity contribution in [1.82, 2.24) is 4.90 Å². The van der Waals surface area contributed by atoms with Crippen molar-refractivity contribution >= 4 is 23.6 Å². The van der Waals surface area contributed by atoms with Gasteiger partial charge in [0, 0.05) is 19.0 Å². The summed E-state index contributed by atoms with van der Waals surface area (Å²) in [6, 6.07) is -0.296. The molecule has 0 spiro atoms. The maximum atomic E-state index is 11.4. The Labute approximate surface area is 113 Å². The first-order valence-corrected chi connectivity index (χ1v) is 6.48. The van der Waals surface area contributed by atoms with Crippen LogP contribution in [0.4, 0.5) is 0 Å². The lowest BCUT2D eigenvalue weighted by Gasteiger charge is -2.25. The van der Waals surface area contributed by atoms with Gasteiger partial charge in [-0.1, -0.05) is 20.4 Å². The molecule has 1 atom stereocenters. The largest absolute Gasteiger partial charge is 0.478 e. The van der Waals surface area contributed by atoms with Crippen LogP contribution in [0.15, 0.2) is 12.2 Å². The van der Waals surface area contributed by atoms with E-state index in [1.807, 2.05) is 6.92 Å². The van der Waals surface area contributed by atoms with E-state index in [2.05, 4.69) is 0 Å². The van der Waals surface area contributed by atoms with E-state index in [0.717, 1.165) is 11.8 Å². The van der Waals surface area contributed by atoms with E-state index >= 15 is 0 Å². The van der Waals surface area contributed by atoms with Crippen LogP contribution in [0.25, 0.3) is 0 Å². The van der Waals surface area contributed by atoms with Gasteiger partial charge in [0.15, 0.2) is 0 Å². The van der Waals surface area contributed by atoms with E-state index < -0.39 is 5.97 Å². The van der Waals surface area contributed by atoms with Crippen LogP contribution in [0.5, 0.6) is 0 Å². The summed E-state index contributed by atoms with van der Waals surface area (Å²) in [5, 5.41) is 8.50. The third-order valence-corrected chi connectivity index (χ3v) is 2.76. The molecule has 106 valence electrons. The second-order valence-corrected chi connectivity index (χ2v) is 4.59. The van der Waals surface area contributed by atoms with E-state index in [9.17, 15) is 9.59 Å². The number of thioether (sulfide) groups is 1. The van der Waals surface area contributed by atoms with Gasteiger partial charge in [0.2, 0.25) is 5.91 Å². The monoisotopic (exact) mass is 277 g/mol. The molecule has 0 heterocycles. The molecule has 0 rings (SSSR count). The van der Waals surface area contributed by atoms with Gasteiger partial charge in [-0.25, -0.2) is 4.79 Å². The molecule has 0 saturated carbocycles. The van der Waals surface area contributed by atoms with Gasteiger partial charge in [0.1, 0.15) is 6.73 Å². The number of hydrogen-bond donors (Lipinski definition) is 1. The fourth-order valence-electron chi connectivity index (χ4n) is 1.10. The van der Waals surface area contributed by atoms with Gasteiger partial charge in [-0.05, 0) is 12.7 Å². The SMILES string of the molecule is C.CCSCOCN(C(C)=O)C(C)/C=C/C(=O)O. The van der Waals surface area contributed by atoms with Gasteiger partial charge < -0.3 is 14.7 Å². The van der Waals surface area contributed by atoms with Gasteiger partial charge in [-0.15, -0.1) is 11.8 Å². The number of amides is 1. The van der Waals surface area contributed by atoms with Crippen molar-refractivity contribution in [2.45, 2.75) is 34.2 Å². The van der Waals surface area contributed by atoms with Gasteiger partial charge in [0.25, 0.3) is 0 Å². The zero-order chi connectivity index (χ0) is 13.3. The van der Waals surface area contributed by atoms with E-state index in [1.165, 1.54) is 17.9 Å². The Balaban J connectivity index is 0. The lowest BCUT2D eigenvalue weighted by Crippen LogP contribution is -2.37. The van der Waals surface area contributed by atoms with Crippen LogP contribution in [0, 0.1) is 0 Å². The van der Waals surface area contributed by atoms with E-state index in [-0.39, 0.29) is 26.1 Å². The first-order valence-electron chi connectivity index (χ1n) is 5.32. The highest BCUT2D eigenvalue weighted by molar-refractivity contribution is 7.99. The minimum Gasteiger partial charge on any atom is -0.478 e. The second-order valence-electron chi connectivity index (χ2n) is 3.37. The number of carboxylic acids is 1. The first-order chi connectivity index (χ1) is 7.99. The van der Waals surface area contributed by atoms with Crippen molar-refractivity contribution in [3.05, 3.63) is 12.2 Å². The van der Waals surface area contributed by atoms with Gasteiger partial charge in [0.05, 0.1) is 5.94 Å². The lowest BCUT2D eigenvalue weighted by atomic mass is 10.2. The Hall–Kier alpha value is -1.01. The van der Waals surface area contributed by atoms with E-state index in [0.29, 0.717) is 5.94 Å².